The van der Waals surface area contributed by atoms with Gasteiger partial charge < -0.3 is 5.32 Å². The number of amides is 1. The summed E-state index contributed by atoms with van der Waals surface area (Å²) in [6.07, 6.45) is 1.12. The Morgan fingerprint density at radius 1 is 1.14 bits per heavy atom. The molecule has 2 aromatic carbocycles. The van der Waals surface area contributed by atoms with Gasteiger partial charge in [-0.25, -0.2) is 8.42 Å². The van der Waals surface area contributed by atoms with Crippen molar-refractivity contribution in [2.24, 2.45) is 0 Å². The first-order chi connectivity index (χ1) is 13.2. The van der Waals surface area contributed by atoms with Crippen LogP contribution in [0.15, 0.2) is 48.5 Å². The summed E-state index contributed by atoms with van der Waals surface area (Å²) in [6.45, 7) is 2.43. The third-order valence-electron chi connectivity index (χ3n) is 3.99. The number of hydrogen-bond acceptors (Lipinski definition) is 4. The quantitative estimate of drug-likeness (QED) is 0.574. The van der Waals surface area contributed by atoms with Crippen LogP contribution in [0.4, 0.5) is 0 Å². The van der Waals surface area contributed by atoms with E-state index in [1.54, 1.807) is 11.8 Å². The molecule has 0 aromatic heterocycles. The van der Waals surface area contributed by atoms with Gasteiger partial charge in [-0.2, -0.15) is 16.1 Å². The minimum absolute atomic E-state index is 0.177. The number of sulfonamides is 1. The second-order valence-electron chi connectivity index (χ2n) is 6.55. The molecule has 8 heteroatoms. The molecule has 0 spiro atoms. The first-order valence-corrected chi connectivity index (χ1v) is 12.2. The van der Waals surface area contributed by atoms with E-state index >= 15 is 0 Å². The number of aryl methyl sites for hydroxylation is 1. The molecule has 0 aliphatic rings. The number of hydrogen-bond donors (Lipinski definition) is 1. The first kappa shape index (κ1) is 22.7. The van der Waals surface area contributed by atoms with Crippen molar-refractivity contribution < 1.29 is 13.2 Å². The number of carbonyl (C=O) groups excluding carboxylic acids is 1. The van der Waals surface area contributed by atoms with Crippen molar-refractivity contribution in [1.29, 1.82) is 0 Å². The third-order valence-corrected chi connectivity index (χ3v) is 6.46. The molecule has 0 saturated carbocycles. The maximum Gasteiger partial charge on any atom is 0.235 e. The maximum absolute atomic E-state index is 12.2. The van der Waals surface area contributed by atoms with Crippen LogP contribution in [0, 0.1) is 6.92 Å². The second-order valence-corrected chi connectivity index (χ2v) is 10.1. The molecule has 1 N–H and O–H groups in total. The maximum atomic E-state index is 12.2. The first-order valence-electron chi connectivity index (χ1n) is 8.83. The zero-order chi connectivity index (χ0) is 20.6. The highest BCUT2D eigenvalue weighted by atomic mass is 35.5. The average Bonchev–Trinajstić information content (AvgIpc) is 2.62. The van der Waals surface area contributed by atoms with Crippen molar-refractivity contribution in [3.8, 4) is 0 Å². The van der Waals surface area contributed by atoms with Crippen LogP contribution in [0.1, 0.15) is 16.7 Å². The molecule has 0 atom stereocenters. The second kappa shape index (κ2) is 10.9. The molecule has 0 aliphatic heterocycles. The van der Waals surface area contributed by atoms with Crippen molar-refractivity contribution in [3.63, 3.8) is 0 Å². The Kier molecular flexibility index (Phi) is 8.82. The van der Waals surface area contributed by atoms with Gasteiger partial charge in [-0.3, -0.25) is 4.79 Å². The van der Waals surface area contributed by atoms with E-state index in [2.05, 4.69) is 5.32 Å². The van der Waals surface area contributed by atoms with E-state index in [0.717, 1.165) is 34.5 Å². The summed E-state index contributed by atoms with van der Waals surface area (Å²) in [4.78, 5) is 12.2. The lowest BCUT2D eigenvalue weighted by Gasteiger charge is -2.19. The van der Waals surface area contributed by atoms with Crippen LogP contribution in [-0.4, -0.2) is 43.7 Å². The lowest BCUT2D eigenvalue weighted by Crippen LogP contribution is -2.40. The molecule has 2 aromatic rings. The van der Waals surface area contributed by atoms with Gasteiger partial charge in [-0.05, 0) is 30.2 Å². The number of nitrogens with one attached hydrogen (secondary N) is 1. The lowest BCUT2D eigenvalue weighted by atomic mass is 10.1. The Balaban J connectivity index is 1.77. The molecule has 0 aliphatic carbocycles. The average molecular weight is 441 g/mol. The highest BCUT2D eigenvalue weighted by molar-refractivity contribution is 7.98. The SMILES string of the molecule is Cc1ccc(CN(CC(=O)NCCSCc2cccc(Cl)c2)S(C)(=O)=O)cc1. The van der Waals surface area contributed by atoms with Gasteiger partial charge in [0.1, 0.15) is 0 Å². The van der Waals surface area contributed by atoms with Crippen molar-refractivity contribution in [3.05, 3.63) is 70.2 Å². The summed E-state index contributed by atoms with van der Waals surface area (Å²) >= 11 is 7.64. The topological polar surface area (TPSA) is 66.5 Å². The van der Waals surface area contributed by atoms with Gasteiger partial charge in [-0.15, -0.1) is 0 Å². The molecule has 0 saturated heterocycles. The number of thioether (sulfide) groups is 1. The fraction of sp³-hybridized carbons (Fsp3) is 0.350. The third kappa shape index (κ3) is 8.22. The van der Waals surface area contributed by atoms with Gasteiger partial charge in [0.15, 0.2) is 0 Å². The summed E-state index contributed by atoms with van der Waals surface area (Å²) in [7, 11) is -3.49. The van der Waals surface area contributed by atoms with E-state index in [4.69, 9.17) is 11.6 Å². The minimum atomic E-state index is -3.49. The van der Waals surface area contributed by atoms with E-state index in [1.165, 1.54) is 4.31 Å². The van der Waals surface area contributed by atoms with Gasteiger partial charge in [0, 0.05) is 29.6 Å². The van der Waals surface area contributed by atoms with Gasteiger partial charge in [-0.1, -0.05) is 53.6 Å². The van der Waals surface area contributed by atoms with Crippen LogP contribution in [0.2, 0.25) is 5.02 Å². The number of halogens is 1. The van der Waals surface area contributed by atoms with Gasteiger partial charge in [0.05, 0.1) is 12.8 Å². The number of benzene rings is 2. The Hall–Kier alpha value is -1.54. The Morgan fingerprint density at radius 2 is 1.86 bits per heavy atom. The van der Waals surface area contributed by atoms with E-state index in [9.17, 15) is 13.2 Å². The smallest absolute Gasteiger partial charge is 0.235 e. The molecule has 5 nitrogen and oxygen atoms in total. The standard InChI is InChI=1S/C20H25ClN2O3S2/c1-16-6-8-17(9-7-16)13-23(28(2,25)26)14-20(24)22-10-11-27-15-18-4-3-5-19(21)12-18/h3-9,12H,10-11,13-15H2,1-2H3,(H,22,24). The number of carbonyl (C=O) groups is 1. The predicted octanol–water partition coefficient (Wildman–Crippen LogP) is 3.46. The highest BCUT2D eigenvalue weighted by Gasteiger charge is 2.20. The molecular formula is C20H25ClN2O3S2. The van der Waals surface area contributed by atoms with Crippen LogP contribution in [0.5, 0.6) is 0 Å². The van der Waals surface area contributed by atoms with E-state index in [0.29, 0.717) is 11.6 Å². The van der Waals surface area contributed by atoms with Crippen LogP contribution in [-0.2, 0) is 27.1 Å². The van der Waals surface area contributed by atoms with Crippen molar-refractivity contribution in [2.75, 3.05) is 25.1 Å². The van der Waals surface area contributed by atoms with Crippen molar-refractivity contribution >= 4 is 39.3 Å². The molecule has 152 valence electrons. The van der Waals surface area contributed by atoms with Crippen LogP contribution < -0.4 is 5.32 Å². The summed E-state index contributed by atoms with van der Waals surface area (Å²) in [5.41, 5.74) is 3.08. The van der Waals surface area contributed by atoms with Crippen molar-refractivity contribution in [1.82, 2.24) is 9.62 Å². The van der Waals surface area contributed by atoms with E-state index in [1.807, 2.05) is 55.5 Å². The Morgan fingerprint density at radius 3 is 2.50 bits per heavy atom. The molecule has 0 radical (unpaired) electrons. The molecule has 2 rings (SSSR count). The van der Waals surface area contributed by atoms with Crippen LogP contribution in [0.3, 0.4) is 0 Å². The molecule has 28 heavy (non-hydrogen) atoms. The van der Waals surface area contributed by atoms with E-state index in [-0.39, 0.29) is 19.0 Å². The van der Waals surface area contributed by atoms with E-state index < -0.39 is 10.0 Å². The summed E-state index contributed by atoms with van der Waals surface area (Å²) in [6, 6.07) is 15.3. The fourth-order valence-corrected chi connectivity index (χ4v) is 4.24. The Bertz CT molecular complexity index is 887. The van der Waals surface area contributed by atoms with Crippen LogP contribution >= 0.6 is 23.4 Å². The minimum Gasteiger partial charge on any atom is -0.354 e. The fourth-order valence-electron chi connectivity index (χ4n) is 2.48. The van der Waals surface area contributed by atoms with Gasteiger partial charge >= 0.3 is 0 Å². The number of nitrogens with zero attached hydrogens (tertiary/aromatic N) is 1. The predicted molar refractivity (Wildman–Crippen MR) is 117 cm³/mol. The summed E-state index contributed by atoms with van der Waals surface area (Å²) in [5, 5.41) is 3.49. The number of rotatable bonds is 10. The normalized spacial score (nSPS) is 11.6. The van der Waals surface area contributed by atoms with Gasteiger partial charge in [0.2, 0.25) is 15.9 Å². The molecule has 0 bridgehead atoms. The zero-order valence-electron chi connectivity index (χ0n) is 16.0. The lowest BCUT2D eigenvalue weighted by molar-refractivity contribution is -0.121. The molecular weight excluding hydrogens is 416 g/mol. The molecule has 0 unspecified atom stereocenters. The Labute approximate surface area is 176 Å². The summed E-state index contributed by atoms with van der Waals surface area (Å²) in [5.74, 6) is 1.23. The van der Waals surface area contributed by atoms with Crippen LogP contribution in [0.25, 0.3) is 0 Å². The zero-order valence-corrected chi connectivity index (χ0v) is 18.4. The van der Waals surface area contributed by atoms with Gasteiger partial charge in [0.25, 0.3) is 0 Å². The van der Waals surface area contributed by atoms with Crippen molar-refractivity contribution in [2.45, 2.75) is 19.2 Å². The summed E-state index contributed by atoms with van der Waals surface area (Å²) < 4.78 is 25.2. The molecule has 0 fully saturated rings. The highest BCUT2D eigenvalue weighted by Crippen LogP contribution is 2.16. The molecule has 1 amide bonds. The monoisotopic (exact) mass is 440 g/mol. The molecule has 0 heterocycles. The largest absolute Gasteiger partial charge is 0.354 e.